The van der Waals surface area contributed by atoms with E-state index in [0.29, 0.717) is 19.4 Å². The van der Waals surface area contributed by atoms with Gasteiger partial charge in [-0.25, -0.2) is 0 Å². The molecular formula is C27H54N3O2+. The Labute approximate surface area is 199 Å². The van der Waals surface area contributed by atoms with Crippen molar-refractivity contribution in [1.29, 1.82) is 0 Å². The van der Waals surface area contributed by atoms with Gasteiger partial charge in [0, 0.05) is 19.4 Å². The number of amides is 2. The number of rotatable bonds is 20. The molecule has 2 amide bonds. The summed E-state index contributed by atoms with van der Waals surface area (Å²) >= 11 is 0. The van der Waals surface area contributed by atoms with E-state index in [2.05, 4.69) is 26.3 Å². The summed E-state index contributed by atoms with van der Waals surface area (Å²) in [5, 5.41) is 3.08. The van der Waals surface area contributed by atoms with E-state index in [4.69, 9.17) is 0 Å². The molecule has 0 radical (unpaired) electrons. The monoisotopic (exact) mass is 452 g/mol. The standard InChI is InChI=1S/C27H53N3O2/c1-4-5-6-7-8-9-10-11-12-13-14-15-16-17-20-26(31)28-22-24-30(2,3)25-29-23-19-18-21-27(29)32/h4-25H2,1-3H3/p+1. The van der Waals surface area contributed by atoms with E-state index in [1.165, 1.54) is 83.5 Å². The summed E-state index contributed by atoms with van der Waals surface area (Å²) in [6.07, 6.45) is 22.2. The molecule has 0 saturated carbocycles. The molecule has 1 heterocycles. The van der Waals surface area contributed by atoms with Gasteiger partial charge in [-0.05, 0) is 19.3 Å². The van der Waals surface area contributed by atoms with Crippen LogP contribution in [0, 0.1) is 0 Å². The summed E-state index contributed by atoms with van der Waals surface area (Å²) < 4.78 is 0.741. The van der Waals surface area contributed by atoms with Crippen LogP contribution in [0.25, 0.3) is 0 Å². The second-order valence-corrected chi connectivity index (χ2v) is 10.6. The minimum Gasteiger partial charge on any atom is -0.350 e. The van der Waals surface area contributed by atoms with Gasteiger partial charge in [0.05, 0.1) is 27.2 Å². The van der Waals surface area contributed by atoms with Crippen molar-refractivity contribution in [1.82, 2.24) is 10.2 Å². The highest BCUT2D eigenvalue weighted by atomic mass is 16.2. The van der Waals surface area contributed by atoms with E-state index in [9.17, 15) is 9.59 Å². The number of piperidine rings is 1. The van der Waals surface area contributed by atoms with Crippen LogP contribution in [0.3, 0.4) is 0 Å². The van der Waals surface area contributed by atoms with Crippen LogP contribution in [-0.2, 0) is 9.59 Å². The summed E-state index contributed by atoms with van der Waals surface area (Å²) in [6, 6.07) is 0. The summed E-state index contributed by atoms with van der Waals surface area (Å²) in [5.41, 5.74) is 0. The zero-order valence-corrected chi connectivity index (χ0v) is 21.8. The highest BCUT2D eigenvalue weighted by Gasteiger charge is 2.25. The molecule has 0 unspecified atom stereocenters. The number of nitrogens with zero attached hydrogens (tertiary/aromatic N) is 2. The van der Waals surface area contributed by atoms with Crippen LogP contribution in [0.2, 0.25) is 0 Å². The van der Waals surface area contributed by atoms with Crippen LogP contribution in [0.15, 0.2) is 0 Å². The van der Waals surface area contributed by atoms with Gasteiger partial charge in [0.15, 0.2) is 6.67 Å². The molecule has 188 valence electrons. The number of quaternary nitrogens is 1. The predicted octanol–water partition coefficient (Wildman–Crippen LogP) is 6.02. The maximum absolute atomic E-state index is 12.1. The smallest absolute Gasteiger partial charge is 0.226 e. The van der Waals surface area contributed by atoms with Gasteiger partial charge in [-0.1, -0.05) is 90.4 Å². The van der Waals surface area contributed by atoms with Crippen molar-refractivity contribution in [2.75, 3.05) is 40.4 Å². The van der Waals surface area contributed by atoms with E-state index in [-0.39, 0.29) is 11.8 Å². The minimum atomic E-state index is 0.179. The first-order valence-electron chi connectivity index (χ1n) is 13.8. The lowest BCUT2D eigenvalue weighted by Gasteiger charge is -2.37. The van der Waals surface area contributed by atoms with Crippen LogP contribution in [0.1, 0.15) is 122 Å². The molecule has 0 aromatic heterocycles. The van der Waals surface area contributed by atoms with Gasteiger partial charge in [-0.2, -0.15) is 0 Å². The highest BCUT2D eigenvalue weighted by Crippen LogP contribution is 2.14. The second kappa shape index (κ2) is 18.3. The number of likely N-dealkylation sites (N-methyl/N-ethyl adjacent to an activating group) is 1. The molecule has 1 fully saturated rings. The fourth-order valence-electron chi connectivity index (χ4n) is 4.61. The third-order valence-corrected chi connectivity index (χ3v) is 6.77. The molecule has 0 aliphatic carbocycles. The molecule has 0 bridgehead atoms. The van der Waals surface area contributed by atoms with Gasteiger partial charge >= 0.3 is 0 Å². The molecular weight excluding hydrogens is 398 g/mol. The molecule has 1 rings (SSSR count). The van der Waals surface area contributed by atoms with Crippen molar-refractivity contribution in [2.24, 2.45) is 0 Å². The van der Waals surface area contributed by atoms with Crippen molar-refractivity contribution in [2.45, 2.75) is 122 Å². The Hall–Kier alpha value is -1.10. The third kappa shape index (κ3) is 15.7. The Morgan fingerprint density at radius 1 is 0.844 bits per heavy atom. The summed E-state index contributed by atoms with van der Waals surface area (Å²) in [7, 11) is 4.28. The van der Waals surface area contributed by atoms with Gasteiger partial charge in [-0.15, -0.1) is 0 Å². The van der Waals surface area contributed by atoms with Crippen molar-refractivity contribution < 1.29 is 14.1 Å². The fourth-order valence-corrected chi connectivity index (χ4v) is 4.61. The van der Waals surface area contributed by atoms with E-state index in [0.717, 1.165) is 43.5 Å². The van der Waals surface area contributed by atoms with Gasteiger partial charge in [-0.3, -0.25) is 14.5 Å². The molecule has 0 aromatic rings. The van der Waals surface area contributed by atoms with Crippen LogP contribution in [-0.4, -0.2) is 61.6 Å². The first kappa shape index (κ1) is 28.9. The average molecular weight is 453 g/mol. The van der Waals surface area contributed by atoms with Gasteiger partial charge in [0.25, 0.3) is 0 Å². The van der Waals surface area contributed by atoms with Crippen LogP contribution >= 0.6 is 0 Å². The maximum atomic E-state index is 12.1. The van der Waals surface area contributed by atoms with Crippen LogP contribution < -0.4 is 5.32 Å². The van der Waals surface area contributed by atoms with Gasteiger partial charge < -0.3 is 9.80 Å². The van der Waals surface area contributed by atoms with Gasteiger partial charge in [0.2, 0.25) is 11.8 Å². The summed E-state index contributed by atoms with van der Waals surface area (Å²) in [5.74, 6) is 0.460. The Kier molecular flexibility index (Phi) is 16.6. The van der Waals surface area contributed by atoms with Crippen molar-refractivity contribution in [3.63, 3.8) is 0 Å². The molecule has 1 saturated heterocycles. The number of carbonyl (C=O) groups is 2. The second-order valence-electron chi connectivity index (χ2n) is 10.6. The number of likely N-dealkylation sites (tertiary alicyclic amines) is 1. The molecule has 5 heteroatoms. The first-order valence-corrected chi connectivity index (χ1v) is 13.8. The molecule has 0 atom stereocenters. The van der Waals surface area contributed by atoms with Crippen LogP contribution in [0.5, 0.6) is 0 Å². The predicted molar refractivity (Wildman–Crippen MR) is 135 cm³/mol. The number of nitrogens with one attached hydrogen (secondary N) is 1. The highest BCUT2D eigenvalue weighted by molar-refractivity contribution is 5.76. The van der Waals surface area contributed by atoms with E-state index < -0.39 is 0 Å². The molecule has 1 aliphatic rings. The first-order chi connectivity index (χ1) is 15.4. The molecule has 1 aliphatic heterocycles. The van der Waals surface area contributed by atoms with Crippen LogP contribution in [0.4, 0.5) is 0 Å². The van der Waals surface area contributed by atoms with Crippen molar-refractivity contribution in [3.8, 4) is 0 Å². The molecule has 1 N–H and O–H groups in total. The van der Waals surface area contributed by atoms with E-state index in [1.807, 2.05) is 4.90 Å². The Balaban J connectivity index is 1.89. The maximum Gasteiger partial charge on any atom is 0.226 e. The number of hydrogen-bond donors (Lipinski definition) is 1. The molecule has 0 spiro atoms. The molecule has 32 heavy (non-hydrogen) atoms. The lowest BCUT2D eigenvalue weighted by atomic mass is 10.0. The zero-order chi connectivity index (χ0) is 23.5. The quantitative estimate of drug-likeness (QED) is 0.181. The summed E-state index contributed by atoms with van der Waals surface area (Å²) in [4.78, 5) is 26.1. The fraction of sp³-hybridized carbons (Fsp3) is 0.926. The number of hydrogen-bond acceptors (Lipinski definition) is 2. The van der Waals surface area contributed by atoms with Crippen molar-refractivity contribution >= 4 is 11.8 Å². The lowest BCUT2D eigenvalue weighted by Crippen LogP contribution is -2.54. The normalized spacial score (nSPS) is 14.7. The molecule has 0 aromatic carbocycles. The topological polar surface area (TPSA) is 49.4 Å². The van der Waals surface area contributed by atoms with Crippen molar-refractivity contribution in [3.05, 3.63) is 0 Å². The average Bonchev–Trinajstić information content (AvgIpc) is 2.75. The lowest BCUT2D eigenvalue weighted by molar-refractivity contribution is -0.897. The number of carbonyl (C=O) groups excluding carboxylic acids is 2. The minimum absolute atomic E-state index is 0.179. The largest absolute Gasteiger partial charge is 0.350 e. The van der Waals surface area contributed by atoms with E-state index >= 15 is 0 Å². The Morgan fingerprint density at radius 2 is 1.38 bits per heavy atom. The SMILES string of the molecule is CCCCCCCCCCCCCCCCC(=O)NCC[N+](C)(C)CN1CCCCC1=O. The third-order valence-electron chi connectivity index (χ3n) is 6.77. The van der Waals surface area contributed by atoms with E-state index in [1.54, 1.807) is 0 Å². The molecule has 5 nitrogen and oxygen atoms in total. The zero-order valence-electron chi connectivity index (χ0n) is 21.8. The Morgan fingerprint density at radius 3 is 1.91 bits per heavy atom. The van der Waals surface area contributed by atoms with Gasteiger partial charge in [0.1, 0.15) is 0 Å². The number of unbranched alkanes of at least 4 members (excludes halogenated alkanes) is 13. The Bertz CT molecular complexity index is 493. The summed E-state index contributed by atoms with van der Waals surface area (Å²) in [6.45, 7) is 5.44.